The zero-order valence-electron chi connectivity index (χ0n) is 13.5. The van der Waals surface area contributed by atoms with Gasteiger partial charge in [0.15, 0.2) is 0 Å². The summed E-state index contributed by atoms with van der Waals surface area (Å²) >= 11 is 0. The smallest absolute Gasteiger partial charge is 0.264 e. The molecule has 0 radical (unpaired) electrons. The summed E-state index contributed by atoms with van der Waals surface area (Å²) in [5.74, 6) is -0.298. The monoisotopic (exact) mass is 327 g/mol. The van der Waals surface area contributed by atoms with Crippen LogP contribution in [-0.2, 0) is 4.79 Å². The van der Waals surface area contributed by atoms with Gasteiger partial charge in [-0.05, 0) is 17.7 Å². The van der Waals surface area contributed by atoms with Gasteiger partial charge in [0.25, 0.3) is 5.91 Å². The molecule has 0 saturated heterocycles. The quantitative estimate of drug-likeness (QED) is 0.442. The van der Waals surface area contributed by atoms with E-state index in [1.165, 1.54) is 6.08 Å². The maximum Gasteiger partial charge on any atom is 0.264 e. The lowest BCUT2D eigenvalue weighted by Crippen LogP contribution is -2.18. The van der Waals surface area contributed by atoms with E-state index >= 15 is 0 Å². The number of hydrogen-bond acceptors (Lipinski definition) is 3. The first-order valence-corrected chi connectivity index (χ1v) is 7.89. The van der Waals surface area contributed by atoms with Crippen molar-refractivity contribution in [1.29, 1.82) is 0 Å². The van der Waals surface area contributed by atoms with Gasteiger partial charge in [0, 0.05) is 29.6 Å². The largest absolute Gasteiger partial charge is 0.268 e. The van der Waals surface area contributed by atoms with Crippen LogP contribution in [0, 0.1) is 0 Å². The lowest BCUT2D eigenvalue weighted by molar-refractivity contribution is -0.116. The van der Waals surface area contributed by atoms with Gasteiger partial charge in [-0.25, -0.2) is 5.43 Å². The average molecular weight is 327 g/mol. The molecule has 1 N–H and O–H groups in total. The SMILES string of the molecule is O=C(/C=C\c1cccnc1)NN=C(c1ccccc1)c1ccccc1. The van der Waals surface area contributed by atoms with Gasteiger partial charge in [0.2, 0.25) is 0 Å². The van der Waals surface area contributed by atoms with Crippen molar-refractivity contribution in [3.63, 3.8) is 0 Å². The van der Waals surface area contributed by atoms with Crippen LogP contribution >= 0.6 is 0 Å². The van der Waals surface area contributed by atoms with E-state index in [4.69, 9.17) is 0 Å². The fourth-order valence-corrected chi connectivity index (χ4v) is 2.28. The third kappa shape index (κ3) is 4.72. The van der Waals surface area contributed by atoms with Gasteiger partial charge in [0.1, 0.15) is 0 Å². The van der Waals surface area contributed by atoms with Gasteiger partial charge < -0.3 is 0 Å². The third-order valence-electron chi connectivity index (χ3n) is 3.48. The number of carbonyl (C=O) groups is 1. The molecule has 0 aliphatic rings. The van der Waals surface area contributed by atoms with E-state index in [2.05, 4.69) is 15.5 Å². The second-order valence-corrected chi connectivity index (χ2v) is 5.29. The fraction of sp³-hybridized carbons (Fsp3) is 0. The van der Waals surface area contributed by atoms with Crippen molar-refractivity contribution in [1.82, 2.24) is 10.4 Å². The number of hydrogen-bond donors (Lipinski definition) is 1. The number of hydrazone groups is 1. The van der Waals surface area contributed by atoms with Crippen molar-refractivity contribution in [2.45, 2.75) is 0 Å². The summed E-state index contributed by atoms with van der Waals surface area (Å²) in [6.07, 6.45) is 6.51. The van der Waals surface area contributed by atoms with Gasteiger partial charge in [0.05, 0.1) is 5.71 Å². The van der Waals surface area contributed by atoms with Crippen LogP contribution in [0.4, 0.5) is 0 Å². The molecule has 0 aliphatic carbocycles. The summed E-state index contributed by atoms with van der Waals surface area (Å²) in [7, 11) is 0. The van der Waals surface area contributed by atoms with Crippen LogP contribution in [0.5, 0.6) is 0 Å². The highest BCUT2D eigenvalue weighted by Crippen LogP contribution is 2.10. The molecule has 4 heteroatoms. The Bertz CT molecular complexity index is 831. The van der Waals surface area contributed by atoms with E-state index in [0.717, 1.165) is 16.7 Å². The fourth-order valence-electron chi connectivity index (χ4n) is 2.28. The van der Waals surface area contributed by atoms with Crippen molar-refractivity contribution in [3.8, 4) is 0 Å². The molecule has 0 saturated carbocycles. The van der Waals surface area contributed by atoms with Crippen LogP contribution < -0.4 is 5.43 Å². The minimum atomic E-state index is -0.298. The Labute approximate surface area is 146 Å². The molecule has 25 heavy (non-hydrogen) atoms. The highest BCUT2D eigenvalue weighted by atomic mass is 16.2. The van der Waals surface area contributed by atoms with Crippen LogP contribution in [0.2, 0.25) is 0 Å². The number of carbonyl (C=O) groups excluding carboxylic acids is 1. The molecule has 1 amide bonds. The highest BCUT2D eigenvalue weighted by Gasteiger charge is 2.06. The first-order chi connectivity index (χ1) is 12.3. The lowest BCUT2D eigenvalue weighted by atomic mass is 10.0. The maximum atomic E-state index is 12.1. The van der Waals surface area contributed by atoms with Crippen LogP contribution in [0.3, 0.4) is 0 Å². The number of aromatic nitrogens is 1. The number of amides is 1. The van der Waals surface area contributed by atoms with Gasteiger partial charge in [-0.1, -0.05) is 66.7 Å². The number of pyridine rings is 1. The molecule has 0 aliphatic heterocycles. The summed E-state index contributed by atoms with van der Waals surface area (Å²) in [5.41, 5.74) is 6.03. The Balaban J connectivity index is 1.79. The van der Waals surface area contributed by atoms with Crippen LogP contribution in [0.15, 0.2) is 96.4 Å². The van der Waals surface area contributed by atoms with Crippen molar-refractivity contribution >= 4 is 17.7 Å². The summed E-state index contributed by atoms with van der Waals surface area (Å²) in [6.45, 7) is 0. The van der Waals surface area contributed by atoms with E-state index in [1.807, 2.05) is 72.8 Å². The summed E-state index contributed by atoms with van der Waals surface area (Å²) < 4.78 is 0. The number of rotatable bonds is 5. The zero-order valence-corrected chi connectivity index (χ0v) is 13.5. The topological polar surface area (TPSA) is 54.4 Å². The summed E-state index contributed by atoms with van der Waals surface area (Å²) in [6, 6.07) is 23.2. The second kappa shape index (κ2) is 8.36. The Kier molecular flexibility index (Phi) is 5.46. The van der Waals surface area contributed by atoms with Crippen LogP contribution in [0.25, 0.3) is 6.08 Å². The molecule has 3 rings (SSSR count). The maximum absolute atomic E-state index is 12.1. The molecule has 1 heterocycles. The molecule has 0 fully saturated rings. The van der Waals surface area contributed by atoms with Crippen LogP contribution in [0.1, 0.15) is 16.7 Å². The van der Waals surface area contributed by atoms with Crippen molar-refractivity contribution in [2.24, 2.45) is 5.10 Å². The molecule has 4 nitrogen and oxygen atoms in total. The molecular weight excluding hydrogens is 310 g/mol. The van der Waals surface area contributed by atoms with Crippen LogP contribution in [-0.4, -0.2) is 16.6 Å². The predicted molar refractivity (Wildman–Crippen MR) is 99.9 cm³/mol. The second-order valence-electron chi connectivity index (χ2n) is 5.29. The highest BCUT2D eigenvalue weighted by molar-refractivity contribution is 6.13. The Hall–Kier alpha value is -3.53. The molecule has 0 bridgehead atoms. The van der Waals surface area contributed by atoms with E-state index in [-0.39, 0.29) is 5.91 Å². The Morgan fingerprint density at radius 3 is 2.08 bits per heavy atom. The molecular formula is C21H17N3O. The summed E-state index contributed by atoms with van der Waals surface area (Å²) in [4.78, 5) is 16.1. The molecule has 2 aromatic carbocycles. The number of nitrogens with zero attached hydrogens (tertiary/aromatic N) is 2. The van der Waals surface area contributed by atoms with Gasteiger partial charge in [-0.2, -0.15) is 5.10 Å². The van der Waals surface area contributed by atoms with Gasteiger partial charge in [-0.15, -0.1) is 0 Å². The average Bonchev–Trinajstić information content (AvgIpc) is 2.69. The normalized spacial score (nSPS) is 10.4. The van der Waals surface area contributed by atoms with E-state index in [0.29, 0.717) is 5.71 Å². The minimum absolute atomic E-state index is 0.298. The molecule has 0 spiro atoms. The molecule has 0 unspecified atom stereocenters. The molecule has 122 valence electrons. The zero-order chi connectivity index (χ0) is 17.3. The molecule has 0 atom stereocenters. The third-order valence-corrected chi connectivity index (χ3v) is 3.48. The first-order valence-electron chi connectivity index (χ1n) is 7.89. The molecule has 1 aromatic heterocycles. The Morgan fingerprint density at radius 2 is 1.52 bits per heavy atom. The molecule has 3 aromatic rings. The summed E-state index contributed by atoms with van der Waals surface area (Å²) in [5, 5.41) is 4.33. The standard InChI is InChI=1S/C21H17N3O/c25-20(14-13-17-8-7-15-22-16-17)23-24-21(18-9-3-1-4-10-18)19-11-5-2-6-12-19/h1-16H,(H,23,25)/b14-13-. The lowest BCUT2D eigenvalue weighted by Gasteiger charge is -2.07. The van der Waals surface area contributed by atoms with Crippen molar-refractivity contribution < 1.29 is 4.79 Å². The predicted octanol–water partition coefficient (Wildman–Crippen LogP) is 3.66. The van der Waals surface area contributed by atoms with E-state index < -0.39 is 0 Å². The van der Waals surface area contributed by atoms with Crippen molar-refractivity contribution in [3.05, 3.63) is 108 Å². The Morgan fingerprint density at radius 1 is 0.880 bits per heavy atom. The van der Waals surface area contributed by atoms with Gasteiger partial charge in [-0.3, -0.25) is 9.78 Å². The number of benzene rings is 2. The van der Waals surface area contributed by atoms with Gasteiger partial charge >= 0.3 is 0 Å². The van der Waals surface area contributed by atoms with Crippen molar-refractivity contribution in [2.75, 3.05) is 0 Å². The van der Waals surface area contributed by atoms with E-state index in [1.54, 1.807) is 18.5 Å². The number of nitrogens with one attached hydrogen (secondary N) is 1. The van der Waals surface area contributed by atoms with E-state index in [9.17, 15) is 4.79 Å². The minimum Gasteiger partial charge on any atom is -0.268 e. The first kappa shape index (κ1) is 16.3.